The fourth-order valence-corrected chi connectivity index (χ4v) is 2.68. The lowest BCUT2D eigenvalue weighted by molar-refractivity contribution is 0.269. The van der Waals surface area contributed by atoms with Crippen LogP contribution in [0, 0.1) is 0 Å². The summed E-state index contributed by atoms with van der Waals surface area (Å²) in [6.45, 7) is 1.75. The van der Waals surface area contributed by atoms with Crippen molar-refractivity contribution in [2.75, 3.05) is 18.5 Å². The fourth-order valence-electron chi connectivity index (χ4n) is 2.68. The monoisotopic (exact) mass is 284 g/mol. The molecule has 1 saturated carbocycles. The number of nitrogens with zero attached hydrogens (tertiary/aromatic N) is 2. The van der Waals surface area contributed by atoms with Crippen molar-refractivity contribution in [2.24, 2.45) is 0 Å². The van der Waals surface area contributed by atoms with Crippen molar-refractivity contribution in [3.63, 3.8) is 0 Å². The molecule has 0 radical (unpaired) electrons. The van der Waals surface area contributed by atoms with Crippen LogP contribution in [-0.4, -0.2) is 35.2 Å². The number of nitrogens with one attached hydrogen (secondary N) is 2. The minimum Gasteiger partial charge on any atom is -0.473 e. The number of hydrogen-bond acceptors (Lipinski definition) is 5. The lowest BCUT2D eigenvalue weighted by Gasteiger charge is -2.15. The van der Waals surface area contributed by atoms with Gasteiger partial charge in [0.05, 0.1) is 11.0 Å². The van der Waals surface area contributed by atoms with Crippen molar-refractivity contribution in [2.45, 2.75) is 37.8 Å². The van der Waals surface area contributed by atoms with Crippen LogP contribution in [0.25, 0.3) is 11.0 Å². The smallest absolute Gasteiger partial charge is 0.258 e. The predicted molar refractivity (Wildman–Crippen MR) is 82.7 cm³/mol. The Morgan fingerprint density at radius 3 is 2.67 bits per heavy atom. The molecule has 110 valence electrons. The molecule has 1 aliphatic carbocycles. The van der Waals surface area contributed by atoms with Crippen LogP contribution in [0.3, 0.4) is 0 Å². The standard InChI is InChI=1S/C16H20N4O/c1-2-6-14-13(5-1)19-15(18-11-7-8-11)16(20-14)21-10-12-4-3-9-17-12/h1-2,5-6,11-12,17H,3-4,7-10H2,(H,18,19)/t12-/m1/s1. The molecule has 4 rings (SSSR count). The van der Waals surface area contributed by atoms with E-state index >= 15 is 0 Å². The molecule has 2 N–H and O–H groups in total. The summed E-state index contributed by atoms with van der Waals surface area (Å²) in [6, 6.07) is 8.90. The number of fused-ring (bicyclic) bond motifs is 1. The largest absolute Gasteiger partial charge is 0.473 e. The number of anilines is 1. The molecule has 1 saturated heterocycles. The average Bonchev–Trinajstić information content (AvgIpc) is 3.17. The number of hydrogen-bond donors (Lipinski definition) is 2. The van der Waals surface area contributed by atoms with Crippen LogP contribution >= 0.6 is 0 Å². The van der Waals surface area contributed by atoms with Crippen molar-refractivity contribution < 1.29 is 4.74 Å². The van der Waals surface area contributed by atoms with E-state index in [0.29, 0.717) is 24.6 Å². The van der Waals surface area contributed by atoms with Gasteiger partial charge in [0, 0.05) is 12.1 Å². The zero-order valence-corrected chi connectivity index (χ0v) is 12.0. The third-order valence-corrected chi connectivity index (χ3v) is 4.04. The molecule has 0 amide bonds. The maximum absolute atomic E-state index is 5.96. The zero-order valence-electron chi connectivity index (χ0n) is 12.0. The maximum atomic E-state index is 5.96. The van der Waals surface area contributed by atoms with E-state index < -0.39 is 0 Å². The first-order chi connectivity index (χ1) is 10.4. The van der Waals surface area contributed by atoms with Crippen molar-refractivity contribution in [1.29, 1.82) is 0 Å². The molecule has 5 nitrogen and oxygen atoms in total. The first kappa shape index (κ1) is 12.8. The molecule has 0 bridgehead atoms. The Morgan fingerprint density at radius 1 is 1.14 bits per heavy atom. The summed E-state index contributed by atoms with van der Waals surface area (Å²) in [5.74, 6) is 1.42. The molecule has 1 aromatic carbocycles. The summed E-state index contributed by atoms with van der Waals surface area (Å²) < 4.78 is 5.96. The lowest BCUT2D eigenvalue weighted by Crippen LogP contribution is -2.28. The van der Waals surface area contributed by atoms with Crippen molar-refractivity contribution >= 4 is 16.9 Å². The Kier molecular flexibility index (Phi) is 3.35. The summed E-state index contributed by atoms with van der Waals surface area (Å²) in [5.41, 5.74) is 1.79. The molecule has 1 atom stereocenters. The highest BCUT2D eigenvalue weighted by Crippen LogP contribution is 2.30. The third-order valence-electron chi connectivity index (χ3n) is 4.04. The van der Waals surface area contributed by atoms with Crippen molar-refractivity contribution in [3.05, 3.63) is 24.3 Å². The van der Waals surface area contributed by atoms with Crippen molar-refractivity contribution in [3.8, 4) is 5.88 Å². The summed E-state index contributed by atoms with van der Waals surface area (Å²) in [4.78, 5) is 9.32. The van der Waals surface area contributed by atoms with Gasteiger partial charge >= 0.3 is 0 Å². The Labute approximate surface area is 124 Å². The minimum atomic E-state index is 0.437. The molecule has 2 aromatic rings. The molecule has 1 aromatic heterocycles. The fraction of sp³-hybridized carbons (Fsp3) is 0.500. The molecule has 1 aliphatic heterocycles. The van der Waals surface area contributed by atoms with E-state index in [9.17, 15) is 0 Å². The van der Waals surface area contributed by atoms with Gasteiger partial charge in [-0.15, -0.1) is 0 Å². The van der Waals surface area contributed by atoms with Gasteiger partial charge in [0.2, 0.25) is 0 Å². The first-order valence-corrected chi connectivity index (χ1v) is 7.78. The predicted octanol–water partition coefficient (Wildman–Crippen LogP) is 2.33. The van der Waals surface area contributed by atoms with Gasteiger partial charge in [0.1, 0.15) is 6.61 Å². The Balaban J connectivity index is 1.59. The summed E-state index contributed by atoms with van der Waals surface area (Å²) in [7, 11) is 0. The van der Waals surface area contributed by atoms with Crippen LogP contribution < -0.4 is 15.4 Å². The first-order valence-electron chi connectivity index (χ1n) is 7.78. The van der Waals surface area contributed by atoms with Crippen LogP contribution in [-0.2, 0) is 0 Å². The Bertz CT molecular complexity index is 635. The highest BCUT2D eigenvalue weighted by atomic mass is 16.5. The third kappa shape index (κ3) is 2.93. The van der Waals surface area contributed by atoms with Gasteiger partial charge in [0.15, 0.2) is 5.82 Å². The van der Waals surface area contributed by atoms with Crippen LogP contribution in [0.2, 0.25) is 0 Å². The molecule has 2 fully saturated rings. The van der Waals surface area contributed by atoms with E-state index in [1.54, 1.807) is 0 Å². The second-order valence-corrected chi connectivity index (χ2v) is 5.89. The zero-order chi connectivity index (χ0) is 14.1. The topological polar surface area (TPSA) is 59.1 Å². The second kappa shape index (κ2) is 5.48. The Hall–Kier alpha value is -1.88. The quantitative estimate of drug-likeness (QED) is 0.882. The minimum absolute atomic E-state index is 0.437. The van der Waals surface area contributed by atoms with Gasteiger partial charge < -0.3 is 15.4 Å². The summed E-state index contributed by atoms with van der Waals surface area (Å²) >= 11 is 0. The van der Waals surface area contributed by atoms with E-state index in [2.05, 4.69) is 20.6 Å². The van der Waals surface area contributed by atoms with Crippen molar-refractivity contribution in [1.82, 2.24) is 15.3 Å². The highest BCUT2D eigenvalue weighted by Gasteiger charge is 2.24. The normalized spacial score (nSPS) is 21.6. The number of para-hydroxylation sites is 2. The van der Waals surface area contributed by atoms with Gasteiger partial charge in [-0.05, 0) is 44.4 Å². The maximum Gasteiger partial charge on any atom is 0.258 e. The lowest BCUT2D eigenvalue weighted by atomic mass is 10.2. The SMILES string of the molecule is c1ccc2nc(OC[C@H]3CCCN3)c(NC3CC3)nc2c1. The molecule has 0 spiro atoms. The van der Waals surface area contributed by atoms with Gasteiger partial charge in [0.25, 0.3) is 5.88 Å². The molecule has 2 aliphatic rings. The van der Waals surface area contributed by atoms with Gasteiger partial charge in [-0.1, -0.05) is 12.1 Å². The Morgan fingerprint density at radius 2 is 1.95 bits per heavy atom. The van der Waals surface area contributed by atoms with E-state index in [-0.39, 0.29) is 0 Å². The van der Waals surface area contributed by atoms with Crippen LogP contribution in [0.4, 0.5) is 5.82 Å². The second-order valence-electron chi connectivity index (χ2n) is 5.89. The number of aromatic nitrogens is 2. The highest BCUT2D eigenvalue weighted by molar-refractivity contribution is 5.77. The van der Waals surface area contributed by atoms with E-state index in [1.165, 1.54) is 25.7 Å². The molecule has 21 heavy (non-hydrogen) atoms. The summed E-state index contributed by atoms with van der Waals surface area (Å²) in [5, 5.41) is 6.88. The van der Waals surface area contributed by atoms with Gasteiger partial charge in [-0.3, -0.25) is 0 Å². The number of ether oxygens (including phenoxy) is 1. The van der Waals surface area contributed by atoms with Gasteiger partial charge in [-0.2, -0.15) is 0 Å². The molecular formula is C16H20N4O. The van der Waals surface area contributed by atoms with E-state index in [0.717, 1.165) is 23.4 Å². The molecule has 5 heteroatoms. The number of benzene rings is 1. The summed E-state index contributed by atoms with van der Waals surface area (Å²) in [6.07, 6.45) is 4.81. The van der Waals surface area contributed by atoms with Crippen LogP contribution in [0.15, 0.2) is 24.3 Å². The molecule has 2 heterocycles. The van der Waals surface area contributed by atoms with Crippen LogP contribution in [0.5, 0.6) is 5.88 Å². The van der Waals surface area contributed by atoms with E-state index in [4.69, 9.17) is 4.74 Å². The van der Waals surface area contributed by atoms with Crippen LogP contribution in [0.1, 0.15) is 25.7 Å². The molecule has 0 unspecified atom stereocenters. The number of rotatable bonds is 5. The van der Waals surface area contributed by atoms with Gasteiger partial charge in [-0.25, -0.2) is 9.97 Å². The average molecular weight is 284 g/mol. The van der Waals surface area contributed by atoms with E-state index in [1.807, 2.05) is 24.3 Å². The molecular weight excluding hydrogens is 264 g/mol.